The van der Waals surface area contributed by atoms with E-state index in [-0.39, 0.29) is 5.91 Å². The molecule has 2 aromatic carbocycles. The molecule has 5 heteroatoms. The molecule has 0 fully saturated rings. The average Bonchev–Trinajstić information content (AvgIpc) is 2.64. The minimum atomic E-state index is -0.237. The van der Waals surface area contributed by atoms with Crippen LogP contribution >= 0.6 is 0 Å². The van der Waals surface area contributed by atoms with Crippen molar-refractivity contribution < 1.29 is 4.79 Å². The molecule has 0 atom stereocenters. The Hall–Kier alpha value is -3.21. The van der Waals surface area contributed by atoms with E-state index in [1.165, 1.54) is 0 Å². The lowest BCUT2D eigenvalue weighted by molar-refractivity contribution is 0.102. The molecular weight excluding hydrogens is 324 g/mol. The number of anilines is 2. The van der Waals surface area contributed by atoms with Crippen LogP contribution in [0.25, 0.3) is 0 Å². The van der Waals surface area contributed by atoms with Crippen LogP contribution in [0, 0.1) is 13.8 Å². The second-order valence-corrected chi connectivity index (χ2v) is 6.31. The maximum atomic E-state index is 12.6. The lowest BCUT2D eigenvalue weighted by Crippen LogP contribution is -2.22. The molecule has 1 amide bonds. The van der Waals surface area contributed by atoms with Crippen LogP contribution < -0.4 is 10.2 Å². The van der Waals surface area contributed by atoms with Gasteiger partial charge in [0.25, 0.3) is 5.91 Å². The molecule has 0 spiro atoms. The van der Waals surface area contributed by atoms with Gasteiger partial charge in [0.15, 0.2) is 0 Å². The smallest absolute Gasteiger partial charge is 0.274 e. The first kappa shape index (κ1) is 17.6. The minimum absolute atomic E-state index is 0.237. The van der Waals surface area contributed by atoms with Gasteiger partial charge in [-0.1, -0.05) is 48.5 Å². The van der Waals surface area contributed by atoms with E-state index in [1.807, 2.05) is 68.3 Å². The Morgan fingerprint density at radius 1 is 1.00 bits per heavy atom. The Bertz CT molecular complexity index is 909. The summed E-state index contributed by atoms with van der Waals surface area (Å²) < 4.78 is 0. The van der Waals surface area contributed by atoms with E-state index in [0.717, 1.165) is 22.5 Å². The normalized spacial score (nSPS) is 10.4. The van der Waals surface area contributed by atoms with Crippen LogP contribution in [0.2, 0.25) is 0 Å². The van der Waals surface area contributed by atoms with Gasteiger partial charge >= 0.3 is 0 Å². The summed E-state index contributed by atoms with van der Waals surface area (Å²) in [6.45, 7) is 4.50. The number of para-hydroxylation sites is 1. The Morgan fingerprint density at radius 2 is 1.69 bits per heavy atom. The van der Waals surface area contributed by atoms with E-state index in [4.69, 9.17) is 0 Å². The SMILES string of the molecule is Cc1cc(C(=O)Nc2ccccc2C)nc(N(C)Cc2ccccc2)n1. The van der Waals surface area contributed by atoms with Gasteiger partial charge in [-0.25, -0.2) is 9.97 Å². The van der Waals surface area contributed by atoms with Gasteiger partial charge in [0.05, 0.1) is 0 Å². The molecule has 26 heavy (non-hydrogen) atoms. The second-order valence-electron chi connectivity index (χ2n) is 6.31. The van der Waals surface area contributed by atoms with Crippen LogP contribution in [0.1, 0.15) is 27.3 Å². The maximum absolute atomic E-state index is 12.6. The average molecular weight is 346 g/mol. The molecule has 1 N–H and O–H groups in total. The van der Waals surface area contributed by atoms with Gasteiger partial charge < -0.3 is 10.2 Å². The molecular formula is C21H22N4O. The van der Waals surface area contributed by atoms with E-state index < -0.39 is 0 Å². The van der Waals surface area contributed by atoms with Gasteiger partial charge in [0, 0.05) is 25.0 Å². The molecule has 1 aromatic heterocycles. The van der Waals surface area contributed by atoms with Crippen molar-refractivity contribution in [1.29, 1.82) is 0 Å². The third-order valence-electron chi connectivity index (χ3n) is 4.07. The molecule has 0 unspecified atom stereocenters. The summed E-state index contributed by atoms with van der Waals surface area (Å²) in [6, 6.07) is 19.5. The van der Waals surface area contributed by atoms with Gasteiger partial charge in [0.1, 0.15) is 5.69 Å². The molecule has 0 aliphatic heterocycles. The number of carbonyl (C=O) groups excluding carboxylic acids is 1. The lowest BCUT2D eigenvalue weighted by atomic mass is 10.2. The van der Waals surface area contributed by atoms with E-state index in [2.05, 4.69) is 27.4 Å². The molecule has 3 rings (SSSR count). The number of carbonyl (C=O) groups is 1. The highest BCUT2D eigenvalue weighted by atomic mass is 16.1. The number of hydrogen-bond acceptors (Lipinski definition) is 4. The van der Waals surface area contributed by atoms with E-state index in [1.54, 1.807) is 6.07 Å². The molecule has 1 heterocycles. The predicted octanol–water partition coefficient (Wildman–Crippen LogP) is 3.98. The van der Waals surface area contributed by atoms with Crippen molar-refractivity contribution in [1.82, 2.24) is 9.97 Å². The fourth-order valence-electron chi connectivity index (χ4n) is 2.67. The zero-order chi connectivity index (χ0) is 18.5. The van der Waals surface area contributed by atoms with Crippen LogP contribution in [-0.2, 0) is 6.54 Å². The number of aryl methyl sites for hydroxylation is 2. The zero-order valence-corrected chi connectivity index (χ0v) is 15.2. The summed E-state index contributed by atoms with van der Waals surface area (Å²) in [5.41, 5.74) is 4.06. The van der Waals surface area contributed by atoms with Crippen LogP contribution in [0.4, 0.5) is 11.6 Å². The molecule has 0 radical (unpaired) electrons. The molecule has 0 bridgehead atoms. The summed E-state index contributed by atoms with van der Waals surface area (Å²) in [7, 11) is 1.92. The van der Waals surface area contributed by atoms with Gasteiger partial charge in [-0.3, -0.25) is 4.79 Å². The van der Waals surface area contributed by atoms with Crippen LogP contribution in [-0.4, -0.2) is 22.9 Å². The molecule has 3 aromatic rings. The molecule has 0 aliphatic carbocycles. The highest BCUT2D eigenvalue weighted by Crippen LogP contribution is 2.16. The number of rotatable bonds is 5. The maximum Gasteiger partial charge on any atom is 0.274 e. The van der Waals surface area contributed by atoms with Gasteiger partial charge in [-0.15, -0.1) is 0 Å². The summed E-state index contributed by atoms with van der Waals surface area (Å²) in [6.07, 6.45) is 0. The second kappa shape index (κ2) is 7.78. The van der Waals surface area contributed by atoms with Crippen LogP contribution in [0.3, 0.4) is 0 Å². The van der Waals surface area contributed by atoms with Crippen molar-refractivity contribution in [2.75, 3.05) is 17.3 Å². The van der Waals surface area contributed by atoms with Crippen molar-refractivity contribution >= 4 is 17.5 Å². The summed E-state index contributed by atoms with van der Waals surface area (Å²) in [4.78, 5) is 23.5. The van der Waals surface area contributed by atoms with Gasteiger partial charge in [-0.2, -0.15) is 0 Å². The Labute approximate surface area is 153 Å². The fraction of sp³-hybridized carbons (Fsp3) is 0.190. The van der Waals surface area contributed by atoms with Crippen LogP contribution in [0.5, 0.6) is 0 Å². The number of benzene rings is 2. The first-order valence-corrected chi connectivity index (χ1v) is 8.50. The van der Waals surface area contributed by atoms with Crippen molar-refractivity contribution in [3.8, 4) is 0 Å². The van der Waals surface area contributed by atoms with Gasteiger partial charge in [0.2, 0.25) is 5.95 Å². The van der Waals surface area contributed by atoms with Crippen LogP contribution in [0.15, 0.2) is 60.7 Å². The van der Waals surface area contributed by atoms with Gasteiger partial charge in [-0.05, 0) is 37.1 Å². The predicted molar refractivity (Wildman–Crippen MR) is 104 cm³/mol. The number of nitrogens with one attached hydrogen (secondary N) is 1. The van der Waals surface area contributed by atoms with Crippen molar-refractivity contribution in [3.05, 3.63) is 83.2 Å². The lowest BCUT2D eigenvalue weighted by Gasteiger charge is -2.18. The standard InChI is InChI=1S/C21H22N4O/c1-15-9-7-8-12-18(15)23-20(26)19-13-16(2)22-21(24-19)25(3)14-17-10-5-4-6-11-17/h4-13H,14H2,1-3H3,(H,23,26). The summed E-state index contributed by atoms with van der Waals surface area (Å²) >= 11 is 0. The monoisotopic (exact) mass is 346 g/mol. The first-order chi connectivity index (χ1) is 12.5. The topological polar surface area (TPSA) is 58.1 Å². The largest absolute Gasteiger partial charge is 0.340 e. The number of amides is 1. The Kier molecular flexibility index (Phi) is 5.27. The molecule has 5 nitrogen and oxygen atoms in total. The van der Waals surface area contributed by atoms with Crippen molar-refractivity contribution in [3.63, 3.8) is 0 Å². The van der Waals surface area contributed by atoms with Crippen molar-refractivity contribution in [2.45, 2.75) is 20.4 Å². The number of aromatic nitrogens is 2. The zero-order valence-electron chi connectivity index (χ0n) is 15.2. The van der Waals surface area contributed by atoms with E-state index in [0.29, 0.717) is 18.2 Å². The first-order valence-electron chi connectivity index (χ1n) is 8.50. The van der Waals surface area contributed by atoms with E-state index >= 15 is 0 Å². The summed E-state index contributed by atoms with van der Waals surface area (Å²) in [5.74, 6) is 0.294. The Morgan fingerprint density at radius 3 is 2.42 bits per heavy atom. The molecule has 0 saturated carbocycles. The summed E-state index contributed by atoms with van der Waals surface area (Å²) in [5, 5.41) is 2.92. The highest BCUT2D eigenvalue weighted by Gasteiger charge is 2.14. The molecule has 132 valence electrons. The third-order valence-corrected chi connectivity index (χ3v) is 4.07. The highest BCUT2D eigenvalue weighted by molar-refractivity contribution is 6.03. The number of hydrogen-bond donors (Lipinski definition) is 1. The fourth-order valence-corrected chi connectivity index (χ4v) is 2.67. The number of nitrogens with zero attached hydrogens (tertiary/aromatic N) is 3. The van der Waals surface area contributed by atoms with E-state index in [9.17, 15) is 4.79 Å². The minimum Gasteiger partial charge on any atom is -0.340 e. The third kappa shape index (κ3) is 4.25. The molecule has 0 aliphatic rings. The van der Waals surface area contributed by atoms with Crippen molar-refractivity contribution in [2.24, 2.45) is 0 Å². The Balaban J connectivity index is 1.81. The quantitative estimate of drug-likeness (QED) is 0.759. The molecule has 0 saturated heterocycles.